The molecule has 0 spiro atoms. The van der Waals surface area contributed by atoms with E-state index in [9.17, 15) is 14.9 Å². The summed E-state index contributed by atoms with van der Waals surface area (Å²) in [5.41, 5.74) is 1.62. The Morgan fingerprint density at radius 3 is 2.88 bits per heavy atom. The molecule has 1 heterocycles. The molecule has 0 saturated heterocycles. The van der Waals surface area contributed by atoms with Crippen LogP contribution in [0.5, 0.6) is 0 Å². The molecule has 1 aliphatic carbocycles. The fourth-order valence-corrected chi connectivity index (χ4v) is 4.26. The first-order valence-electron chi connectivity index (χ1n) is 7.46. The minimum absolute atomic E-state index is 0.0924. The summed E-state index contributed by atoms with van der Waals surface area (Å²) < 4.78 is 4.98. The lowest BCUT2D eigenvalue weighted by molar-refractivity contribution is -0.119. The van der Waals surface area contributed by atoms with Crippen molar-refractivity contribution in [1.82, 2.24) is 0 Å². The Kier molecular flexibility index (Phi) is 5.28. The lowest BCUT2D eigenvalue weighted by Crippen LogP contribution is -2.21. The zero-order valence-electron chi connectivity index (χ0n) is 12.9. The maximum Gasteiger partial charge on any atom is 0.340 e. The largest absolute Gasteiger partial charge is 0.452 e. The van der Waals surface area contributed by atoms with E-state index in [1.54, 1.807) is 6.07 Å². The molecule has 1 N–H and O–H groups in total. The minimum atomic E-state index is -0.739. The molecule has 0 atom stereocenters. The number of rotatable bonds is 4. The molecule has 0 unspecified atom stereocenters. The van der Waals surface area contributed by atoms with E-state index in [1.165, 1.54) is 23.5 Å². The molecular weight excluding hydrogens is 383 g/mol. The summed E-state index contributed by atoms with van der Waals surface area (Å²) in [4.78, 5) is 25.2. The van der Waals surface area contributed by atoms with E-state index in [1.807, 2.05) is 0 Å². The smallest absolute Gasteiger partial charge is 0.340 e. The van der Waals surface area contributed by atoms with Gasteiger partial charge >= 0.3 is 5.97 Å². The van der Waals surface area contributed by atoms with Crippen LogP contribution in [0.4, 0.5) is 5.00 Å². The van der Waals surface area contributed by atoms with Crippen LogP contribution in [0.2, 0.25) is 10.0 Å². The van der Waals surface area contributed by atoms with E-state index in [4.69, 9.17) is 27.9 Å². The number of hydrogen-bond acceptors (Lipinski definition) is 5. The summed E-state index contributed by atoms with van der Waals surface area (Å²) in [5.74, 6) is -1.25. The van der Waals surface area contributed by atoms with Crippen LogP contribution in [0.3, 0.4) is 0 Å². The fourth-order valence-electron chi connectivity index (χ4n) is 2.64. The highest BCUT2D eigenvalue weighted by molar-refractivity contribution is 7.16. The number of carbonyl (C=O) groups is 2. The van der Waals surface area contributed by atoms with Crippen LogP contribution in [0.15, 0.2) is 18.2 Å². The summed E-state index contributed by atoms with van der Waals surface area (Å²) in [6.07, 6.45) is 2.81. The van der Waals surface area contributed by atoms with Crippen molar-refractivity contribution >= 4 is 51.4 Å². The highest BCUT2D eigenvalue weighted by Crippen LogP contribution is 2.38. The number of thiophene rings is 1. The number of ether oxygens (including phenoxy) is 1. The number of carbonyl (C=O) groups excluding carboxylic acids is 2. The lowest BCUT2D eigenvalue weighted by atomic mass is 10.1. The third-order valence-electron chi connectivity index (χ3n) is 3.77. The van der Waals surface area contributed by atoms with Crippen molar-refractivity contribution in [2.75, 3.05) is 11.9 Å². The molecule has 0 fully saturated rings. The van der Waals surface area contributed by atoms with Gasteiger partial charge in [-0.3, -0.25) is 4.79 Å². The molecule has 2 aromatic rings. The van der Waals surface area contributed by atoms with Gasteiger partial charge in [0.25, 0.3) is 5.91 Å². The average molecular weight is 395 g/mol. The van der Waals surface area contributed by atoms with Gasteiger partial charge in [0.1, 0.15) is 11.1 Å². The van der Waals surface area contributed by atoms with Gasteiger partial charge in [-0.05, 0) is 43.0 Å². The summed E-state index contributed by atoms with van der Waals surface area (Å²) in [5, 5.41) is 13.0. The molecule has 3 rings (SSSR count). The summed E-state index contributed by atoms with van der Waals surface area (Å²) in [6.45, 7) is -0.477. The van der Waals surface area contributed by atoms with Crippen LogP contribution in [-0.4, -0.2) is 18.5 Å². The highest BCUT2D eigenvalue weighted by Gasteiger charge is 2.23. The zero-order valence-corrected chi connectivity index (χ0v) is 15.2. The Bertz CT molecular complexity index is 902. The van der Waals surface area contributed by atoms with E-state index < -0.39 is 18.5 Å². The molecule has 25 heavy (non-hydrogen) atoms. The first-order chi connectivity index (χ1) is 12.0. The number of nitrogens with one attached hydrogen (secondary N) is 1. The van der Waals surface area contributed by atoms with Gasteiger partial charge in [-0.1, -0.05) is 23.2 Å². The number of fused-ring (bicyclic) bond motifs is 1. The molecule has 1 aromatic heterocycles. The maximum atomic E-state index is 12.0. The monoisotopic (exact) mass is 394 g/mol. The summed E-state index contributed by atoms with van der Waals surface area (Å²) >= 11 is 13.2. The Hall–Kier alpha value is -2.07. The van der Waals surface area contributed by atoms with Crippen molar-refractivity contribution < 1.29 is 14.3 Å². The normalized spacial score (nSPS) is 12.4. The van der Waals surface area contributed by atoms with E-state index in [-0.39, 0.29) is 10.6 Å². The van der Waals surface area contributed by atoms with Crippen LogP contribution in [0.1, 0.15) is 32.8 Å². The van der Waals surface area contributed by atoms with Crippen LogP contribution in [-0.2, 0) is 22.4 Å². The summed E-state index contributed by atoms with van der Waals surface area (Å²) in [6, 6.07) is 6.55. The number of amides is 1. The Morgan fingerprint density at radius 1 is 1.32 bits per heavy atom. The number of anilines is 1. The SMILES string of the molecule is N#Cc1c(NC(=O)COC(=O)c2cc(Cl)ccc2Cl)sc2c1CCC2. The van der Waals surface area contributed by atoms with Gasteiger partial charge in [0.05, 0.1) is 16.1 Å². The maximum absolute atomic E-state index is 12.0. The summed E-state index contributed by atoms with van der Waals surface area (Å²) in [7, 11) is 0. The second kappa shape index (κ2) is 7.44. The minimum Gasteiger partial charge on any atom is -0.452 e. The quantitative estimate of drug-likeness (QED) is 0.787. The lowest BCUT2D eigenvalue weighted by Gasteiger charge is -2.07. The molecule has 8 heteroatoms. The van der Waals surface area contributed by atoms with Gasteiger partial charge in [-0.25, -0.2) is 4.79 Å². The fraction of sp³-hybridized carbons (Fsp3) is 0.235. The standard InChI is InChI=1S/C17H12Cl2N2O3S/c18-9-4-5-13(19)11(6-9)17(23)24-8-15(22)21-16-12(7-20)10-2-1-3-14(10)25-16/h4-6H,1-3,8H2,(H,21,22). The second-order valence-corrected chi connectivity index (χ2v) is 7.37. The van der Waals surface area contributed by atoms with Crippen molar-refractivity contribution in [2.45, 2.75) is 19.3 Å². The molecule has 0 saturated carbocycles. The molecule has 5 nitrogen and oxygen atoms in total. The van der Waals surface area contributed by atoms with E-state index in [0.29, 0.717) is 15.6 Å². The van der Waals surface area contributed by atoms with Gasteiger partial charge in [-0.2, -0.15) is 5.26 Å². The predicted octanol–water partition coefficient (Wildman–Crippen LogP) is 4.21. The Morgan fingerprint density at radius 2 is 2.12 bits per heavy atom. The number of aryl methyl sites for hydroxylation is 1. The number of hydrogen-bond donors (Lipinski definition) is 1. The molecule has 1 amide bonds. The van der Waals surface area contributed by atoms with E-state index in [2.05, 4.69) is 11.4 Å². The number of nitriles is 1. The highest BCUT2D eigenvalue weighted by atomic mass is 35.5. The predicted molar refractivity (Wildman–Crippen MR) is 96.4 cm³/mol. The van der Waals surface area contributed by atoms with E-state index >= 15 is 0 Å². The van der Waals surface area contributed by atoms with Gasteiger partial charge in [0, 0.05) is 9.90 Å². The number of benzene rings is 1. The number of nitrogens with zero attached hydrogens (tertiary/aromatic N) is 1. The topological polar surface area (TPSA) is 79.2 Å². The molecular formula is C17H12Cl2N2O3S. The van der Waals surface area contributed by atoms with Crippen molar-refractivity contribution in [3.63, 3.8) is 0 Å². The third kappa shape index (κ3) is 3.79. The van der Waals surface area contributed by atoms with Gasteiger partial charge in [0.2, 0.25) is 0 Å². The van der Waals surface area contributed by atoms with E-state index in [0.717, 1.165) is 29.7 Å². The first kappa shape index (κ1) is 17.7. The van der Waals surface area contributed by atoms with Gasteiger partial charge in [-0.15, -0.1) is 11.3 Å². The second-order valence-electron chi connectivity index (χ2n) is 5.42. The molecule has 1 aromatic carbocycles. The number of halogens is 2. The van der Waals surface area contributed by atoms with Crippen LogP contribution in [0.25, 0.3) is 0 Å². The Balaban J connectivity index is 1.63. The van der Waals surface area contributed by atoms with Gasteiger partial charge in [0.15, 0.2) is 6.61 Å². The molecule has 0 radical (unpaired) electrons. The third-order valence-corrected chi connectivity index (χ3v) is 5.54. The molecule has 0 bridgehead atoms. The van der Waals surface area contributed by atoms with Crippen molar-refractivity contribution in [2.24, 2.45) is 0 Å². The van der Waals surface area contributed by atoms with Crippen molar-refractivity contribution in [3.05, 3.63) is 49.8 Å². The number of esters is 1. The van der Waals surface area contributed by atoms with Crippen LogP contribution < -0.4 is 5.32 Å². The molecule has 1 aliphatic rings. The van der Waals surface area contributed by atoms with Gasteiger partial charge < -0.3 is 10.1 Å². The van der Waals surface area contributed by atoms with Crippen molar-refractivity contribution in [3.8, 4) is 6.07 Å². The molecule has 128 valence electrons. The molecule has 0 aliphatic heterocycles. The van der Waals surface area contributed by atoms with Crippen LogP contribution >= 0.6 is 34.5 Å². The van der Waals surface area contributed by atoms with Crippen molar-refractivity contribution in [1.29, 1.82) is 5.26 Å². The first-order valence-corrected chi connectivity index (χ1v) is 9.03. The Labute approximate surface area is 158 Å². The average Bonchev–Trinajstić information content (AvgIpc) is 3.15. The van der Waals surface area contributed by atoms with Crippen LogP contribution in [0, 0.1) is 11.3 Å². The zero-order chi connectivity index (χ0) is 18.0.